The number of likely N-dealkylation sites (tertiary alicyclic amines) is 1. The quantitative estimate of drug-likeness (QED) is 0.651. The summed E-state index contributed by atoms with van der Waals surface area (Å²) in [5.41, 5.74) is 2.13. The Kier molecular flexibility index (Phi) is 6.81. The van der Waals surface area contributed by atoms with E-state index in [1.807, 2.05) is 30.3 Å². The van der Waals surface area contributed by atoms with Crippen molar-refractivity contribution < 1.29 is 22.6 Å². The lowest BCUT2D eigenvalue weighted by Gasteiger charge is -2.27. The molecule has 31 heavy (non-hydrogen) atoms. The molecule has 2 aliphatic rings. The van der Waals surface area contributed by atoms with Crippen LogP contribution in [0.2, 0.25) is 0 Å². The first-order chi connectivity index (χ1) is 15.0. The zero-order chi connectivity index (χ0) is 21.8. The number of nitrogens with zero attached hydrogens (tertiary/aromatic N) is 2. The van der Waals surface area contributed by atoms with E-state index in [0.29, 0.717) is 37.7 Å². The molecular formula is C23H30N2O5S. The zero-order valence-electron chi connectivity index (χ0n) is 18.1. The Balaban J connectivity index is 1.55. The summed E-state index contributed by atoms with van der Waals surface area (Å²) in [7, 11) is -0.176. The predicted molar refractivity (Wildman–Crippen MR) is 118 cm³/mol. The number of morpholine rings is 1. The van der Waals surface area contributed by atoms with Crippen LogP contribution in [0.3, 0.4) is 0 Å². The molecule has 2 aromatic carbocycles. The summed E-state index contributed by atoms with van der Waals surface area (Å²) in [6, 6.07) is 13.5. The van der Waals surface area contributed by atoms with Crippen LogP contribution in [0.25, 0.3) is 0 Å². The normalized spacial score (nSPS) is 20.6. The Hall–Kier alpha value is -2.13. The van der Waals surface area contributed by atoms with Gasteiger partial charge in [0.2, 0.25) is 10.0 Å². The van der Waals surface area contributed by atoms with Crippen LogP contribution in [-0.4, -0.2) is 64.7 Å². The summed E-state index contributed by atoms with van der Waals surface area (Å²) in [6.45, 7) is 3.33. The van der Waals surface area contributed by atoms with E-state index in [1.165, 1.54) is 4.31 Å². The molecule has 0 unspecified atom stereocenters. The van der Waals surface area contributed by atoms with E-state index < -0.39 is 10.0 Å². The van der Waals surface area contributed by atoms with Gasteiger partial charge in [-0.3, -0.25) is 4.90 Å². The molecule has 0 aromatic heterocycles. The molecule has 168 valence electrons. The van der Waals surface area contributed by atoms with Crippen LogP contribution < -0.4 is 9.47 Å². The Morgan fingerprint density at radius 2 is 1.84 bits per heavy atom. The van der Waals surface area contributed by atoms with Gasteiger partial charge in [0.15, 0.2) is 0 Å². The van der Waals surface area contributed by atoms with Crippen molar-refractivity contribution in [2.24, 2.45) is 0 Å². The van der Waals surface area contributed by atoms with Gasteiger partial charge < -0.3 is 14.2 Å². The minimum Gasteiger partial charge on any atom is -0.497 e. The maximum absolute atomic E-state index is 13.0. The first kappa shape index (κ1) is 22.1. The summed E-state index contributed by atoms with van der Waals surface area (Å²) >= 11 is 0. The molecule has 0 N–H and O–H groups in total. The van der Waals surface area contributed by atoms with Gasteiger partial charge in [-0.1, -0.05) is 18.2 Å². The van der Waals surface area contributed by atoms with E-state index in [4.69, 9.17) is 14.2 Å². The van der Waals surface area contributed by atoms with Gasteiger partial charge in [-0.25, -0.2) is 8.42 Å². The first-order valence-corrected chi connectivity index (χ1v) is 12.1. The van der Waals surface area contributed by atoms with Crippen molar-refractivity contribution >= 4 is 10.0 Å². The third-order valence-corrected chi connectivity index (χ3v) is 7.95. The van der Waals surface area contributed by atoms with Gasteiger partial charge in [0.25, 0.3) is 0 Å². The largest absolute Gasteiger partial charge is 0.497 e. The average Bonchev–Trinajstić information content (AvgIpc) is 3.27. The van der Waals surface area contributed by atoms with Crippen molar-refractivity contribution in [2.75, 3.05) is 47.1 Å². The monoisotopic (exact) mass is 446 g/mol. The van der Waals surface area contributed by atoms with Gasteiger partial charge in [0.1, 0.15) is 11.5 Å². The molecule has 2 aromatic rings. The summed E-state index contributed by atoms with van der Waals surface area (Å²) in [5, 5.41) is 0. The Labute approximate surface area is 184 Å². The van der Waals surface area contributed by atoms with E-state index in [9.17, 15) is 8.42 Å². The number of ether oxygens (including phenoxy) is 3. The number of sulfonamides is 1. The molecule has 0 radical (unpaired) electrons. The standard InChI is InChI=1S/C23H30N2O5S/c1-28-19-8-9-21(23(16-19)29-2)22-7-4-10-24(22)17-18-5-3-6-20(15-18)31(26,27)25-11-13-30-14-12-25/h3,5-6,8-9,15-16,22H,4,7,10-14,17H2,1-2H3/t22-/m0/s1. The number of hydrogen-bond donors (Lipinski definition) is 0. The van der Waals surface area contributed by atoms with Crippen molar-refractivity contribution in [3.63, 3.8) is 0 Å². The molecule has 4 rings (SSSR count). The highest BCUT2D eigenvalue weighted by atomic mass is 32.2. The minimum atomic E-state index is -3.50. The minimum absolute atomic E-state index is 0.223. The fraction of sp³-hybridized carbons (Fsp3) is 0.478. The predicted octanol–water partition coefficient (Wildman–Crippen LogP) is 3.06. The lowest BCUT2D eigenvalue weighted by Crippen LogP contribution is -2.40. The van der Waals surface area contributed by atoms with E-state index in [1.54, 1.807) is 20.3 Å². The zero-order valence-corrected chi connectivity index (χ0v) is 18.9. The fourth-order valence-corrected chi connectivity index (χ4v) is 5.91. The Bertz CT molecular complexity index is 1000. The molecule has 1 atom stereocenters. The highest BCUT2D eigenvalue weighted by molar-refractivity contribution is 7.89. The van der Waals surface area contributed by atoms with Crippen LogP contribution in [0.5, 0.6) is 11.5 Å². The maximum Gasteiger partial charge on any atom is 0.243 e. The second kappa shape index (κ2) is 9.56. The van der Waals surface area contributed by atoms with Crippen molar-refractivity contribution in [2.45, 2.75) is 30.3 Å². The summed E-state index contributed by atoms with van der Waals surface area (Å²) in [4.78, 5) is 2.75. The molecule has 0 amide bonds. The van der Waals surface area contributed by atoms with Crippen LogP contribution >= 0.6 is 0 Å². The molecule has 7 nitrogen and oxygen atoms in total. The number of rotatable bonds is 7. The van der Waals surface area contributed by atoms with Crippen LogP contribution in [0.1, 0.15) is 30.0 Å². The van der Waals surface area contributed by atoms with Gasteiger partial charge >= 0.3 is 0 Å². The summed E-state index contributed by atoms with van der Waals surface area (Å²) in [5.74, 6) is 1.59. The molecule has 2 saturated heterocycles. The number of benzene rings is 2. The molecular weight excluding hydrogens is 416 g/mol. The van der Waals surface area contributed by atoms with Crippen molar-refractivity contribution in [3.05, 3.63) is 53.6 Å². The SMILES string of the molecule is COc1ccc([C@@H]2CCCN2Cc2cccc(S(=O)(=O)N3CCOCC3)c2)c(OC)c1. The molecule has 0 spiro atoms. The second-order valence-electron chi connectivity index (χ2n) is 7.90. The molecule has 0 saturated carbocycles. The average molecular weight is 447 g/mol. The van der Waals surface area contributed by atoms with Crippen molar-refractivity contribution in [3.8, 4) is 11.5 Å². The summed E-state index contributed by atoms with van der Waals surface area (Å²) < 4.78 is 43.8. The number of hydrogen-bond acceptors (Lipinski definition) is 6. The van der Waals surface area contributed by atoms with Crippen molar-refractivity contribution in [1.82, 2.24) is 9.21 Å². The van der Waals surface area contributed by atoms with Crippen LogP contribution in [0.15, 0.2) is 47.4 Å². The maximum atomic E-state index is 13.0. The molecule has 8 heteroatoms. The van der Waals surface area contributed by atoms with Crippen LogP contribution in [-0.2, 0) is 21.3 Å². The fourth-order valence-electron chi connectivity index (χ4n) is 4.44. The third kappa shape index (κ3) is 4.72. The van der Waals surface area contributed by atoms with E-state index in [0.717, 1.165) is 42.0 Å². The van der Waals surface area contributed by atoms with Gasteiger partial charge in [-0.2, -0.15) is 4.31 Å². The Morgan fingerprint density at radius 1 is 1.03 bits per heavy atom. The van der Waals surface area contributed by atoms with Crippen molar-refractivity contribution in [1.29, 1.82) is 0 Å². The lowest BCUT2D eigenvalue weighted by molar-refractivity contribution is 0.0730. The smallest absolute Gasteiger partial charge is 0.243 e. The number of methoxy groups -OCH3 is 2. The van der Waals surface area contributed by atoms with E-state index in [-0.39, 0.29) is 6.04 Å². The third-order valence-electron chi connectivity index (χ3n) is 6.06. The van der Waals surface area contributed by atoms with Gasteiger partial charge in [-0.05, 0) is 43.1 Å². The molecule has 2 fully saturated rings. The van der Waals surface area contributed by atoms with Crippen LogP contribution in [0, 0.1) is 0 Å². The molecule has 0 aliphatic carbocycles. The van der Waals surface area contributed by atoms with E-state index in [2.05, 4.69) is 11.0 Å². The van der Waals surface area contributed by atoms with Gasteiger partial charge in [0, 0.05) is 37.3 Å². The summed E-state index contributed by atoms with van der Waals surface area (Å²) in [6.07, 6.45) is 2.13. The lowest BCUT2D eigenvalue weighted by atomic mass is 10.0. The highest BCUT2D eigenvalue weighted by Crippen LogP contribution is 2.39. The van der Waals surface area contributed by atoms with E-state index >= 15 is 0 Å². The second-order valence-corrected chi connectivity index (χ2v) is 9.84. The highest BCUT2D eigenvalue weighted by Gasteiger charge is 2.30. The van der Waals surface area contributed by atoms with Gasteiger partial charge in [0.05, 0.1) is 32.3 Å². The molecule has 2 heterocycles. The topological polar surface area (TPSA) is 68.3 Å². The van der Waals surface area contributed by atoms with Crippen LogP contribution in [0.4, 0.5) is 0 Å². The van der Waals surface area contributed by atoms with Gasteiger partial charge in [-0.15, -0.1) is 0 Å². The molecule has 2 aliphatic heterocycles. The Morgan fingerprint density at radius 3 is 2.58 bits per heavy atom. The first-order valence-electron chi connectivity index (χ1n) is 10.7. The molecule has 0 bridgehead atoms.